The van der Waals surface area contributed by atoms with Crippen molar-refractivity contribution in [3.63, 3.8) is 0 Å². The monoisotopic (exact) mass is 678 g/mol. The van der Waals surface area contributed by atoms with Gasteiger partial charge in [0.25, 0.3) is 0 Å². The summed E-state index contributed by atoms with van der Waals surface area (Å²) in [6.45, 7) is 0. The van der Waals surface area contributed by atoms with Crippen LogP contribution >= 0.6 is 0 Å². The van der Waals surface area contributed by atoms with Gasteiger partial charge in [0.1, 0.15) is 5.52 Å². The van der Waals surface area contributed by atoms with E-state index in [1.165, 1.54) is 21.5 Å². The highest BCUT2D eigenvalue weighted by Gasteiger charge is 2.15. The maximum Gasteiger partial charge on any atom is 0.227 e. The van der Waals surface area contributed by atoms with Crippen molar-refractivity contribution in [1.29, 1.82) is 0 Å². The van der Waals surface area contributed by atoms with Gasteiger partial charge in [0.05, 0.1) is 0 Å². The number of oxazole rings is 1. The minimum absolute atomic E-state index is 0.575. The first-order chi connectivity index (χ1) is 26.2. The molecule has 0 fully saturated rings. The van der Waals surface area contributed by atoms with Gasteiger partial charge in [-0.15, -0.1) is 0 Å². The maximum atomic E-state index is 6.04. The Kier molecular flexibility index (Phi) is 7.40. The van der Waals surface area contributed by atoms with Crippen LogP contribution in [0.2, 0.25) is 0 Å². The van der Waals surface area contributed by atoms with Crippen molar-refractivity contribution in [2.45, 2.75) is 0 Å². The molecular weight excluding hydrogens is 649 g/mol. The molecule has 8 aromatic carbocycles. The normalized spacial score (nSPS) is 11.4. The summed E-state index contributed by atoms with van der Waals surface area (Å²) in [5.41, 5.74) is 9.62. The fraction of sp³-hybridized carbons (Fsp3) is 0. The molecule has 0 spiro atoms. The summed E-state index contributed by atoms with van der Waals surface area (Å²) in [7, 11) is 0. The van der Waals surface area contributed by atoms with Crippen molar-refractivity contribution >= 4 is 32.6 Å². The van der Waals surface area contributed by atoms with Crippen molar-refractivity contribution in [3.05, 3.63) is 182 Å². The van der Waals surface area contributed by atoms with Crippen molar-refractivity contribution in [3.8, 4) is 67.9 Å². The predicted octanol–water partition coefficient (Wildman–Crippen LogP) is 12.3. The Labute approximate surface area is 305 Å². The molecule has 2 heterocycles. The number of hydrogen-bond donors (Lipinski definition) is 0. The lowest BCUT2D eigenvalue weighted by Crippen LogP contribution is -2.00. The van der Waals surface area contributed by atoms with E-state index in [2.05, 4.69) is 138 Å². The smallest absolute Gasteiger partial charge is 0.227 e. The number of hydrogen-bond acceptors (Lipinski definition) is 5. The second-order valence-electron chi connectivity index (χ2n) is 13.2. The van der Waals surface area contributed by atoms with Crippen LogP contribution in [0.4, 0.5) is 0 Å². The highest BCUT2D eigenvalue weighted by molar-refractivity contribution is 5.89. The number of para-hydroxylation sites is 2. The molecule has 0 radical (unpaired) electrons. The van der Waals surface area contributed by atoms with Gasteiger partial charge in [0.2, 0.25) is 5.89 Å². The molecule has 0 saturated carbocycles. The van der Waals surface area contributed by atoms with Gasteiger partial charge in [-0.25, -0.2) is 19.9 Å². The Hall–Kier alpha value is -7.24. The van der Waals surface area contributed by atoms with E-state index < -0.39 is 0 Å². The van der Waals surface area contributed by atoms with Crippen LogP contribution < -0.4 is 0 Å². The maximum absolute atomic E-state index is 6.04. The molecule has 0 aliphatic rings. The zero-order chi connectivity index (χ0) is 35.1. The molecule has 0 atom stereocenters. The van der Waals surface area contributed by atoms with Gasteiger partial charge in [0.15, 0.2) is 23.1 Å². The van der Waals surface area contributed by atoms with Crippen molar-refractivity contribution in [2.24, 2.45) is 0 Å². The zero-order valence-corrected chi connectivity index (χ0v) is 28.5. The van der Waals surface area contributed by atoms with Crippen LogP contribution in [0, 0.1) is 0 Å². The van der Waals surface area contributed by atoms with Crippen LogP contribution in [0.1, 0.15) is 0 Å². The fourth-order valence-electron chi connectivity index (χ4n) is 6.93. The second-order valence-corrected chi connectivity index (χ2v) is 13.2. The summed E-state index contributed by atoms with van der Waals surface area (Å²) in [6.07, 6.45) is 0. The number of fused-ring (bicyclic) bond motifs is 3. The largest absolute Gasteiger partial charge is 0.436 e. The van der Waals surface area contributed by atoms with E-state index >= 15 is 0 Å². The van der Waals surface area contributed by atoms with Crippen molar-refractivity contribution in [1.82, 2.24) is 19.9 Å². The molecule has 0 bridgehead atoms. The average molecular weight is 679 g/mol. The lowest BCUT2D eigenvalue weighted by molar-refractivity contribution is 0.620. The van der Waals surface area contributed by atoms with E-state index in [1.807, 2.05) is 48.5 Å². The van der Waals surface area contributed by atoms with E-state index in [-0.39, 0.29) is 0 Å². The van der Waals surface area contributed by atoms with Gasteiger partial charge in [-0.3, -0.25) is 0 Å². The number of rotatable bonds is 6. The van der Waals surface area contributed by atoms with Gasteiger partial charge in [-0.2, -0.15) is 0 Å². The standard InChI is InChI=1S/C48H30N4O/c1-3-11-35-27-39(25-19-31(35)9-1)37-13-7-15-41(29-37)46-50-45(33-21-23-34(24-22-33)48-49-43-17-5-6-18-44(43)53-48)51-47(52-46)42-16-8-14-38(30-42)40-26-20-32-10-2-4-12-36(32)28-40/h1-30H. The minimum atomic E-state index is 0.575. The van der Waals surface area contributed by atoms with Crippen molar-refractivity contribution < 1.29 is 4.42 Å². The third-order valence-corrected chi connectivity index (χ3v) is 9.73. The molecule has 5 heteroatoms. The molecule has 0 saturated heterocycles. The Bertz CT molecular complexity index is 2790. The van der Waals surface area contributed by atoms with Gasteiger partial charge in [-0.1, -0.05) is 133 Å². The Morgan fingerprint density at radius 3 is 1.28 bits per heavy atom. The first-order valence-corrected chi connectivity index (χ1v) is 17.6. The number of nitrogens with zero attached hydrogens (tertiary/aromatic N) is 4. The molecule has 10 aromatic rings. The van der Waals surface area contributed by atoms with Crippen LogP contribution in [0.25, 0.3) is 101 Å². The minimum Gasteiger partial charge on any atom is -0.436 e. The van der Waals surface area contributed by atoms with Crippen LogP contribution in [-0.4, -0.2) is 19.9 Å². The quantitative estimate of drug-likeness (QED) is 0.175. The third kappa shape index (κ3) is 5.90. The van der Waals surface area contributed by atoms with Crippen molar-refractivity contribution in [2.75, 3.05) is 0 Å². The van der Waals surface area contributed by atoms with Gasteiger partial charge in [-0.05, 0) is 92.3 Å². The molecule has 53 heavy (non-hydrogen) atoms. The number of benzene rings is 8. The lowest BCUT2D eigenvalue weighted by Gasteiger charge is -2.11. The van der Waals surface area contributed by atoms with E-state index in [4.69, 9.17) is 19.4 Å². The first kappa shape index (κ1) is 30.6. The molecule has 10 rings (SSSR count). The molecular formula is C48H30N4O. The molecule has 5 nitrogen and oxygen atoms in total. The number of aromatic nitrogens is 4. The van der Waals surface area contributed by atoms with Crippen LogP contribution in [0.5, 0.6) is 0 Å². The predicted molar refractivity (Wildman–Crippen MR) is 215 cm³/mol. The average Bonchev–Trinajstić information content (AvgIpc) is 3.68. The Morgan fingerprint density at radius 2 is 0.717 bits per heavy atom. The molecule has 0 unspecified atom stereocenters. The molecule has 0 N–H and O–H groups in total. The summed E-state index contributed by atoms with van der Waals surface area (Å²) < 4.78 is 6.04. The molecule has 2 aromatic heterocycles. The van der Waals surface area contributed by atoms with Gasteiger partial charge < -0.3 is 4.42 Å². The lowest BCUT2D eigenvalue weighted by atomic mass is 9.99. The summed E-state index contributed by atoms with van der Waals surface area (Å²) >= 11 is 0. The zero-order valence-electron chi connectivity index (χ0n) is 28.5. The van der Waals surface area contributed by atoms with E-state index in [9.17, 15) is 0 Å². The summed E-state index contributed by atoms with van der Waals surface area (Å²) in [5, 5.41) is 4.83. The first-order valence-electron chi connectivity index (χ1n) is 17.6. The fourth-order valence-corrected chi connectivity index (χ4v) is 6.93. The molecule has 0 aliphatic heterocycles. The summed E-state index contributed by atoms with van der Waals surface area (Å²) in [5.74, 6) is 2.37. The summed E-state index contributed by atoms with van der Waals surface area (Å²) in [4.78, 5) is 19.9. The third-order valence-electron chi connectivity index (χ3n) is 9.73. The molecule has 248 valence electrons. The van der Waals surface area contributed by atoms with E-state index in [1.54, 1.807) is 0 Å². The van der Waals surface area contributed by atoms with E-state index in [0.29, 0.717) is 23.4 Å². The van der Waals surface area contributed by atoms with Crippen LogP contribution in [0.3, 0.4) is 0 Å². The van der Waals surface area contributed by atoms with Gasteiger partial charge in [0, 0.05) is 22.3 Å². The molecule has 0 aliphatic carbocycles. The second kappa shape index (κ2) is 12.8. The summed E-state index contributed by atoms with van der Waals surface area (Å²) in [6, 6.07) is 62.7. The SMILES string of the molecule is c1cc(-c2ccc3ccccc3c2)cc(-c2nc(-c3ccc(-c4nc5ccccc5o4)cc3)nc(-c3cccc(-c4ccc5ccccc5c4)c3)n2)c1. The van der Waals surface area contributed by atoms with Crippen LogP contribution in [-0.2, 0) is 0 Å². The van der Waals surface area contributed by atoms with Gasteiger partial charge >= 0.3 is 0 Å². The highest BCUT2D eigenvalue weighted by Crippen LogP contribution is 2.33. The molecule has 0 amide bonds. The Balaban J connectivity index is 1.08. The highest BCUT2D eigenvalue weighted by atomic mass is 16.3. The Morgan fingerprint density at radius 1 is 0.283 bits per heavy atom. The van der Waals surface area contributed by atoms with E-state index in [0.717, 1.165) is 55.6 Å². The van der Waals surface area contributed by atoms with Crippen LogP contribution in [0.15, 0.2) is 186 Å². The topological polar surface area (TPSA) is 64.7 Å².